The molecule has 3 aromatic carbocycles. The summed E-state index contributed by atoms with van der Waals surface area (Å²) in [6, 6.07) is 26.1. The third-order valence-electron chi connectivity index (χ3n) is 4.56. The van der Waals surface area contributed by atoms with E-state index in [1.165, 1.54) is 25.8 Å². The van der Waals surface area contributed by atoms with E-state index < -0.39 is 10.0 Å². The summed E-state index contributed by atoms with van der Waals surface area (Å²) in [6.07, 6.45) is 5.18. The second-order valence-electron chi connectivity index (χ2n) is 5.80. The summed E-state index contributed by atoms with van der Waals surface area (Å²) >= 11 is 0. The molecule has 1 aliphatic heterocycles. The zero-order chi connectivity index (χ0) is 15.9. The summed E-state index contributed by atoms with van der Waals surface area (Å²) < 4.78 is 0. The summed E-state index contributed by atoms with van der Waals surface area (Å²) in [5.74, 6) is 0. The molecule has 0 aromatic heterocycles. The standard InChI is InChI=1S/C21H18OS/c1-23(17-12-10-16(11-13-17)14-15-22)20-8-4-2-6-18(20)19-7-3-5-9-21(19)23/h2-15,22H,1H3/b15-14-. The smallest absolute Gasteiger partial charge is 0.0797 e. The topological polar surface area (TPSA) is 20.2 Å². The fourth-order valence-corrected chi connectivity index (χ4v) is 6.76. The van der Waals surface area contributed by atoms with Gasteiger partial charge in [0.15, 0.2) is 0 Å². The Morgan fingerprint density at radius 1 is 0.739 bits per heavy atom. The first-order chi connectivity index (χ1) is 11.2. The first-order valence-electron chi connectivity index (χ1n) is 7.63. The molecule has 1 nitrogen and oxygen atoms in total. The van der Waals surface area contributed by atoms with Gasteiger partial charge in [0.1, 0.15) is 0 Å². The lowest BCUT2D eigenvalue weighted by molar-refractivity contribution is 0.478. The van der Waals surface area contributed by atoms with Gasteiger partial charge in [-0.3, -0.25) is 0 Å². The molecule has 4 rings (SSSR count). The maximum absolute atomic E-state index is 8.94. The van der Waals surface area contributed by atoms with Crippen molar-refractivity contribution in [2.24, 2.45) is 0 Å². The molecule has 0 saturated carbocycles. The molecular weight excluding hydrogens is 300 g/mol. The molecule has 3 aromatic rings. The highest BCUT2D eigenvalue weighted by atomic mass is 32.3. The van der Waals surface area contributed by atoms with Gasteiger partial charge in [0.2, 0.25) is 0 Å². The van der Waals surface area contributed by atoms with Gasteiger partial charge in [-0.05, 0) is 58.2 Å². The number of rotatable bonds is 2. The Hall–Kier alpha value is -2.45. The van der Waals surface area contributed by atoms with E-state index in [9.17, 15) is 0 Å². The number of hydrogen-bond acceptors (Lipinski definition) is 1. The van der Waals surface area contributed by atoms with E-state index in [0.29, 0.717) is 0 Å². The Kier molecular flexibility index (Phi) is 3.28. The van der Waals surface area contributed by atoms with E-state index in [1.807, 2.05) is 0 Å². The molecule has 114 valence electrons. The zero-order valence-electron chi connectivity index (χ0n) is 12.9. The molecule has 0 unspecified atom stereocenters. The van der Waals surface area contributed by atoms with Crippen LogP contribution in [-0.2, 0) is 0 Å². The van der Waals surface area contributed by atoms with Crippen molar-refractivity contribution in [1.82, 2.24) is 0 Å². The van der Waals surface area contributed by atoms with Crippen molar-refractivity contribution in [2.45, 2.75) is 14.7 Å². The number of benzene rings is 3. The molecule has 0 spiro atoms. The first kappa shape index (κ1) is 14.2. The van der Waals surface area contributed by atoms with Gasteiger partial charge in [0.25, 0.3) is 0 Å². The molecule has 23 heavy (non-hydrogen) atoms. The zero-order valence-corrected chi connectivity index (χ0v) is 13.8. The van der Waals surface area contributed by atoms with Crippen LogP contribution in [0, 0.1) is 0 Å². The quantitative estimate of drug-likeness (QED) is 0.565. The summed E-state index contributed by atoms with van der Waals surface area (Å²) in [5, 5.41) is 8.94. The molecule has 0 radical (unpaired) electrons. The largest absolute Gasteiger partial charge is 0.516 e. The molecule has 1 N–H and O–H groups in total. The Morgan fingerprint density at radius 2 is 1.26 bits per heavy atom. The monoisotopic (exact) mass is 318 g/mol. The number of hydrogen-bond donors (Lipinski definition) is 1. The van der Waals surface area contributed by atoms with Crippen LogP contribution in [0.3, 0.4) is 0 Å². The second kappa shape index (κ2) is 5.32. The van der Waals surface area contributed by atoms with E-state index in [-0.39, 0.29) is 0 Å². The average molecular weight is 318 g/mol. The molecule has 2 heteroatoms. The van der Waals surface area contributed by atoms with Gasteiger partial charge in [-0.15, -0.1) is 0 Å². The van der Waals surface area contributed by atoms with Crippen LogP contribution >= 0.6 is 10.0 Å². The van der Waals surface area contributed by atoms with E-state index in [2.05, 4.69) is 79.1 Å². The van der Waals surface area contributed by atoms with Crippen molar-refractivity contribution in [2.75, 3.05) is 6.26 Å². The number of aliphatic hydroxyl groups excluding tert-OH is 1. The lowest BCUT2D eigenvalue weighted by atomic mass is 10.1. The van der Waals surface area contributed by atoms with E-state index in [0.717, 1.165) is 11.8 Å². The van der Waals surface area contributed by atoms with Crippen molar-refractivity contribution in [1.29, 1.82) is 0 Å². The molecule has 0 aliphatic carbocycles. The maximum atomic E-state index is 8.94. The van der Waals surface area contributed by atoms with Crippen molar-refractivity contribution < 1.29 is 5.11 Å². The van der Waals surface area contributed by atoms with E-state index >= 15 is 0 Å². The minimum absolute atomic E-state index is 1.01. The van der Waals surface area contributed by atoms with Crippen molar-refractivity contribution in [3.8, 4) is 11.1 Å². The van der Waals surface area contributed by atoms with Gasteiger partial charge < -0.3 is 5.11 Å². The van der Waals surface area contributed by atoms with Crippen LogP contribution in [-0.4, -0.2) is 11.4 Å². The van der Waals surface area contributed by atoms with Crippen LogP contribution in [0.5, 0.6) is 0 Å². The van der Waals surface area contributed by atoms with Gasteiger partial charge in [-0.2, -0.15) is 10.0 Å². The Morgan fingerprint density at radius 3 is 1.78 bits per heavy atom. The molecule has 1 aliphatic rings. The van der Waals surface area contributed by atoms with Crippen LogP contribution in [0.1, 0.15) is 5.56 Å². The summed E-state index contributed by atoms with van der Waals surface area (Å²) in [6.45, 7) is 0. The molecule has 0 fully saturated rings. The van der Waals surface area contributed by atoms with Crippen LogP contribution in [0.25, 0.3) is 17.2 Å². The van der Waals surface area contributed by atoms with E-state index in [1.54, 1.807) is 6.08 Å². The summed E-state index contributed by atoms with van der Waals surface area (Å²) in [7, 11) is -1.22. The predicted molar refractivity (Wildman–Crippen MR) is 98.3 cm³/mol. The SMILES string of the molecule is CS1(c2ccc(/C=C\O)cc2)c2ccccc2-c2ccccc21. The Labute approximate surface area is 138 Å². The van der Waals surface area contributed by atoms with Crippen LogP contribution in [0.15, 0.2) is 93.7 Å². The normalized spacial score (nSPS) is 16.0. The van der Waals surface area contributed by atoms with Crippen LogP contribution in [0.2, 0.25) is 0 Å². The minimum atomic E-state index is -1.22. The maximum Gasteiger partial charge on any atom is 0.0797 e. The highest BCUT2D eigenvalue weighted by Crippen LogP contribution is 2.73. The number of fused-ring (bicyclic) bond motifs is 3. The van der Waals surface area contributed by atoms with Crippen molar-refractivity contribution in [3.63, 3.8) is 0 Å². The number of aliphatic hydroxyl groups is 1. The van der Waals surface area contributed by atoms with Gasteiger partial charge in [0.05, 0.1) is 6.26 Å². The Balaban J connectivity index is 1.96. The molecule has 0 saturated heterocycles. The lowest BCUT2D eigenvalue weighted by Crippen LogP contribution is -1.97. The predicted octanol–water partition coefficient (Wildman–Crippen LogP) is 6.11. The highest BCUT2D eigenvalue weighted by molar-refractivity contribution is 8.33. The van der Waals surface area contributed by atoms with Crippen molar-refractivity contribution in [3.05, 3.63) is 84.6 Å². The molecule has 0 amide bonds. The summed E-state index contributed by atoms with van der Waals surface area (Å²) in [4.78, 5) is 4.23. The third-order valence-corrected chi connectivity index (χ3v) is 8.25. The Bertz CT molecular complexity index is 848. The summed E-state index contributed by atoms with van der Waals surface area (Å²) in [5.41, 5.74) is 3.73. The van der Waals surface area contributed by atoms with Crippen LogP contribution < -0.4 is 0 Å². The molecule has 0 bridgehead atoms. The van der Waals surface area contributed by atoms with E-state index in [4.69, 9.17) is 5.11 Å². The highest BCUT2D eigenvalue weighted by Gasteiger charge is 2.35. The van der Waals surface area contributed by atoms with Crippen molar-refractivity contribution >= 4 is 16.1 Å². The molecule has 1 heterocycles. The van der Waals surface area contributed by atoms with Gasteiger partial charge >= 0.3 is 0 Å². The third kappa shape index (κ3) is 2.02. The first-order valence-corrected chi connectivity index (χ1v) is 9.67. The van der Waals surface area contributed by atoms with Gasteiger partial charge in [-0.1, -0.05) is 48.5 Å². The average Bonchev–Trinajstić information content (AvgIpc) is 2.87. The second-order valence-corrected chi connectivity index (χ2v) is 8.98. The molecule has 0 atom stereocenters. The lowest BCUT2D eigenvalue weighted by Gasteiger charge is -2.34. The van der Waals surface area contributed by atoms with Gasteiger partial charge in [0, 0.05) is 9.79 Å². The van der Waals surface area contributed by atoms with Crippen LogP contribution in [0.4, 0.5) is 0 Å². The fourth-order valence-electron chi connectivity index (χ4n) is 3.40. The minimum Gasteiger partial charge on any atom is -0.516 e. The van der Waals surface area contributed by atoms with Gasteiger partial charge in [-0.25, -0.2) is 0 Å². The fraction of sp³-hybridized carbons (Fsp3) is 0.0476. The molecular formula is C21H18OS.